The maximum Gasteiger partial charge on any atom is 0.337 e. The maximum atomic E-state index is 14.0. The fourth-order valence-corrected chi connectivity index (χ4v) is 6.13. The number of nitrogens with one attached hydrogen (secondary N) is 1. The van der Waals surface area contributed by atoms with Gasteiger partial charge in [-0.05, 0) is 25.5 Å². The Balaban J connectivity index is 1.57. The number of ether oxygens (including phenoxy) is 2. The number of quaternary nitrogens is 1. The van der Waals surface area contributed by atoms with Gasteiger partial charge in [0.25, 0.3) is 0 Å². The van der Waals surface area contributed by atoms with Gasteiger partial charge in [-0.3, -0.25) is 4.79 Å². The van der Waals surface area contributed by atoms with E-state index < -0.39 is 16.1 Å². The molecular weight excluding hydrogens is 372 g/mol. The van der Waals surface area contributed by atoms with Crippen molar-refractivity contribution in [3.05, 3.63) is 46.9 Å². The fraction of sp³-hybridized carbons (Fsp3) is 0.545. The first-order chi connectivity index (χ1) is 13.9. The van der Waals surface area contributed by atoms with Crippen LogP contribution in [0.4, 0.5) is 5.69 Å². The van der Waals surface area contributed by atoms with Gasteiger partial charge in [-0.15, -0.1) is 0 Å². The number of nitrogens with zero attached hydrogens (tertiary/aromatic N) is 1. The Morgan fingerprint density at radius 3 is 3.00 bits per heavy atom. The molecule has 29 heavy (non-hydrogen) atoms. The number of hydroxylamine groups is 3. The number of carbonyl (C=O) groups is 2. The van der Waals surface area contributed by atoms with Gasteiger partial charge >= 0.3 is 5.97 Å². The van der Waals surface area contributed by atoms with Crippen LogP contribution in [0.2, 0.25) is 0 Å². The largest absolute Gasteiger partial charge is 0.633 e. The normalized spacial score (nSPS) is 39.7. The third-order valence-electron chi connectivity index (χ3n) is 7.52. The zero-order chi connectivity index (χ0) is 20.4. The van der Waals surface area contributed by atoms with E-state index in [1.165, 1.54) is 6.26 Å². The van der Waals surface area contributed by atoms with Crippen LogP contribution in [0.25, 0.3) is 0 Å². The van der Waals surface area contributed by atoms with Crippen LogP contribution in [0.15, 0.2) is 36.1 Å². The smallest absolute Gasteiger partial charge is 0.337 e. The molecule has 0 saturated carbocycles. The molecule has 1 unspecified atom stereocenters. The molecule has 1 amide bonds. The Labute approximate surface area is 169 Å². The topological polar surface area (TPSA) is 87.7 Å². The summed E-state index contributed by atoms with van der Waals surface area (Å²) in [5.74, 6) is -0.676. The van der Waals surface area contributed by atoms with E-state index in [2.05, 4.69) is 5.32 Å². The summed E-state index contributed by atoms with van der Waals surface area (Å²) in [6, 6.07) is 7.25. The lowest BCUT2D eigenvalue weighted by Gasteiger charge is -2.56. The Morgan fingerprint density at radius 1 is 1.41 bits per heavy atom. The highest BCUT2D eigenvalue weighted by Gasteiger charge is 2.66. The quantitative estimate of drug-likeness (QED) is 0.470. The number of benzene rings is 1. The predicted molar refractivity (Wildman–Crippen MR) is 105 cm³/mol. The number of esters is 1. The summed E-state index contributed by atoms with van der Waals surface area (Å²) in [6.45, 7) is 4.76. The zero-order valence-corrected chi connectivity index (χ0v) is 16.7. The number of piperidine rings is 1. The molecule has 4 heterocycles. The van der Waals surface area contributed by atoms with Crippen LogP contribution >= 0.6 is 0 Å². The summed E-state index contributed by atoms with van der Waals surface area (Å²) in [7, 11) is 0. The fourth-order valence-electron chi connectivity index (χ4n) is 6.13. The first kappa shape index (κ1) is 18.6. The highest BCUT2D eigenvalue weighted by atomic mass is 16.6. The summed E-state index contributed by atoms with van der Waals surface area (Å²) < 4.78 is 10.6. The highest BCUT2D eigenvalue weighted by Crippen LogP contribution is 2.56. The van der Waals surface area contributed by atoms with Gasteiger partial charge in [-0.1, -0.05) is 18.2 Å². The summed E-state index contributed by atoms with van der Waals surface area (Å²) in [5.41, 5.74) is 1.39. The van der Waals surface area contributed by atoms with Gasteiger partial charge in [0.2, 0.25) is 5.91 Å². The number of hydrogen-bond acceptors (Lipinski definition) is 5. The monoisotopic (exact) mass is 398 g/mol. The van der Waals surface area contributed by atoms with Crippen LogP contribution in [-0.4, -0.2) is 48.4 Å². The van der Waals surface area contributed by atoms with E-state index in [4.69, 9.17) is 9.47 Å². The second kappa shape index (κ2) is 6.31. The third kappa shape index (κ3) is 2.43. The Hall–Kier alpha value is -2.38. The van der Waals surface area contributed by atoms with E-state index in [0.717, 1.165) is 11.3 Å². The van der Waals surface area contributed by atoms with Crippen molar-refractivity contribution >= 4 is 17.6 Å². The van der Waals surface area contributed by atoms with E-state index in [1.54, 1.807) is 6.92 Å². The number of carbonyl (C=O) groups excluding carboxylic acids is 2. The summed E-state index contributed by atoms with van der Waals surface area (Å²) >= 11 is 0. The second-order valence-electron chi connectivity index (χ2n) is 8.74. The van der Waals surface area contributed by atoms with Crippen LogP contribution in [-0.2, 0) is 24.5 Å². The molecule has 1 spiro atoms. The lowest BCUT2D eigenvalue weighted by molar-refractivity contribution is -0.905. The molecule has 7 heteroatoms. The Morgan fingerprint density at radius 2 is 2.21 bits per heavy atom. The van der Waals surface area contributed by atoms with Gasteiger partial charge in [0.05, 0.1) is 37.4 Å². The first-order valence-electron chi connectivity index (χ1n) is 10.4. The molecule has 1 aromatic rings. The standard InChI is InChI=1S/C22H26N2O5/c1-3-28-20(25)16-12-29-13(2)15-11-24(27)9-8-22(19(24)10-14(15)16)17-6-4-5-7-18(17)23-21(22)26/h4-7,12-15,19H,3,8-11H2,1-2H3,(H,23,26)/t13-,14-,15+,19-,22-,24?/m0/s1. The predicted octanol–water partition coefficient (Wildman–Crippen LogP) is 2.47. The van der Waals surface area contributed by atoms with Gasteiger partial charge in [-0.2, -0.15) is 0 Å². The number of para-hydroxylation sites is 1. The number of rotatable bonds is 2. The maximum absolute atomic E-state index is 14.0. The molecule has 4 aliphatic heterocycles. The minimum Gasteiger partial charge on any atom is -0.633 e. The molecule has 0 bridgehead atoms. The van der Waals surface area contributed by atoms with Gasteiger partial charge in [0.1, 0.15) is 17.6 Å². The molecule has 0 radical (unpaired) electrons. The van der Waals surface area contributed by atoms with Crippen molar-refractivity contribution in [1.82, 2.24) is 0 Å². The summed E-state index contributed by atoms with van der Waals surface area (Å²) in [5, 5.41) is 17.0. The molecular formula is C22H26N2O5. The molecule has 5 rings (SSSR count). The molecule has 0 aliphatic carbocycles. The van der Waals surface area contributed by atoms with Crippen molar-refractivity contribution in [1.29, 1.82) is 0 Å². The number of amides is 1. The van der Waals surface area contributed by atoms with E-state index in [9.17, 15) is 14.8 Å². The van der Waals surface area contributed by atoms with Crippen molar-refractivity contribution in [3.8, 4) is 0 Å². The highest BCUT2D eigenvalue weighted by molar-refractivity contribution is 6.07. The molecule has 154 valence electrons. The lowest BCUT2D eigenvalue weighted by Crippen LogP contribution is -2.63. The molecule has 1 N–H and O–H groups in total. The van der Waals surface area contributed by atoms with Crippen LogP contribution in [0, 0.1) is 17.0 Å². The molecule has 7 nitrogen and oxygen atoms in total. The molecule has 2 fully saturated rings. The van der Waals surface area contributed by atoms with E-state index in [0.29, 0.717) is 31.5 Å². The van der Waals surface area contributed by atoms with Gasteiger partial charge < -0.3 is 24.6 Å². The van der Waals surface area contributed by atoms with Gasteiger partial charge in [0, 0.05) is 24.4 Å². The molecule has 1 aromatic carbocycles. The van der Waals surface area contributed by atoms with Crippen LogP contribution in [0.5, 0.6) is 0 Å². The van der Waals surface area contributed by atoms with Crippen LogP contribution in [0.1, 0.15) is 32.3 Å². The molecule has 2 saturated heterocycles. The van der Waals surface area contributed by atoms with E-state index >= 15 is 0 Å². The van der Waals surface area contributed by atoms with Gasteiger partial charge in [0.15, 0.2) is 0 Å². The summed E-state index contributed by atoms with van der Waals surface area (Å²) in [4.78, 5) is 25.8. The third-order valence-corrected chi connectivity index (χ3v) is 7.52. The van der Waals surface area contributed by atoms with E-state index in [1.807, 2.05) is 31.2 Å². The van der Waals surface area contributed by atoms with Crippen molar-refractivity contribution in [2.75, 3.05) is 25.0 Å². The van der Waals surface area contributed by atoms with Crippen LogP contribution < -0.4 is 5.32 Å². The Kier molecular flexibility index (Phi) is 4.05. The van der Waals surface area contributed by atoms with E-state index in [-0.39, 0.29) is 36.4 Å². The Bertz CT molecular complexity index is 914. The zero-order valence-electron chi connectivity index (χ0n) is 16.7. The molecule has 0 aromatic heterocycles. The first-order valence-corrected chi connectivity index (χ1v) is 10.4. The van der Waals surface area contributed by atoms with Crippen molar-refractivity contribution < 1.29 is 23.7 Å². The minimum absolute atomic E-state index is 0.0667. The number of fused-ring (bicyclic) bond motifs is 5. The lowest BCUT2D eigenvalue weighted by atomic mass is 9.66. The minimum atomic E-state index is -0.829. The van der Waals surface area contributed by atoms with Crippen molar-refractivity contribution in [3.63, 3.8) is 0 Å². The number of anilines is 1. The average molecular weight is 398 g/mol. The van der Waals surface area contributed by atoms with Gasteiger partial charge in [-0.25, -0.2) is 4.79 Å². The summed E-state index contributed by atoms with van der Waals surface area (Å²) in [6.07, 6.45) is 2.37. The molecule has 4 aliphatic rings. The van der Waals surface area contributed by atoms with Crippen molar-refractivity contribution in [2.45, 2.75) is 44.2 Å². The SMILES string of the molecule is CCOC(=O)C1=CO[C@@H](C)[C@H]2C[N+]3([O-])CC[C@@]4(C(=O)Nc5ccccc54)[C@@H]3C[C@H]12. The van der Waals surface area contributed by atoms with Crippen LogP contribution in [0.3, 0.4) is 0 Å². The average Bonchev–Trinajstić information content (AvgIpc) is 3.16. The number of hydrogen-bond donors (Lipinski definition) is 1. The second-order valence-corrected chi connectivity index (χ2v) is 8.74. The van der Waals surface area contributed by atoms with Crippen molar-refractivity contribution in [2.24, 2.45) is 11.8 Å². The molecule has 6 atom stereocenters.